The van der Waals surface area contributed by atoms with Gasteiger partial charge in [-0.3, -0.25) is 14.7 Å². The monoisotopic (exact) mass is 450 g/mol. The molecule has 0 atom stereocenters. The van der Waals surface area contributed by atoms with Crippen LogP contribution >= 0.6 is 0 Å². The van der Waals surface area contributed by atoms with E-state index in [0.29, 0.717) is 45.8 Å². The van der Waals surface area contributed by atoms with Crippen LogP contribution in [0.3, 0.4) is 0 Å². The van der Waals surface area contributed by atoms with Crippen molar-refractivity contribution in [1.29, 1.82) is 0 Å². The predicted molar refractivity (Wildman–Crippen MR) is 125 cm³/mol. The summed E-state index contributed by atoms with van der Waals surface area (Å²) in [6, 6.07) is 19.8. The van der Waals surface area contributed by atoms with Gasteiger partial charge in [0, 0.05) is 40.5 Å². The van der Waals surface area contributed by atoms with Gasteiger partial charge in [-0.05, 0) is 53.6 Å². The molecule has 0 radical (unpaired) electrons. The second kappa shape index (κ2) is 7.81. The lowest BCUT2D eigenvalue weighted by atomic mass is 10.0. The fraction of sp³-hybridized carbons (Fsp3) is 0.0370. The third kappa shape index (κ3) is 3.29. The van der Waals surface area contributed by atoms with E-state index in [1.807, 2.05) is 24.3 Å². The number of amides is 1. The van der Waals surface area contributed by atoms with Crippen molar-refractivity contribution < 1.29 is 13.6 Å². The summed E-state index contributed by atoms with van der Waals surface area (Å²) in [5, 5.41) is 0.593. The Balaban J connectivity index is 1.57. The molecule has 0 fully saturated rings. The SMILES string of the molecule is O=C1c2ccccc2CN1c1nc(-c2cccnc2)nc2ccc(-c3ccc(F)cc3F)cc12. The second-order valence-corrected chi connectivity index (χ2v) is 8.02. The molecule has 5 nitrogen and oxygen atoms in total. The van der Waals surface area contributed by atoms with Gasteiger partial charge in [-0.1, -0.05) is 24.3 Å². The number of fused-ring (bicyclic) bond motifs is 2. The standard InChI is InChI=1S/C27H16F2N4O/c28-19-8-9-20(23(29)13-19)16-7-10-24-22(12-16)26(32-25(31-24)17-5-3-11-30-14-17)33-15-18-4-1-2-6-21(18)27(33)34/h1-14H,15H2. The number of nitrogens with zero attached hydrogens (tertiary/aromatic N) is 4. The summed E-state index contributed by atoms with van der Waals surface area (Å²) < 4.78 is 28.0. The summed E-state index contributed by atoms with van der Waals surface area (Å²) in [5.74, 6) is -0.619. The van der Waals surface area contributed by atoms with Crippen LogP contribution in [0.4, 0.5) is 14.6 Å². The summed E-state index contributed by atoms with van der Waals surface area (Å²) in [6.07, 6.45) is 3.32. The lowest BCUT2D eigenvalue weighted by molar-refractivity contribution is 0.0996. The van der Waals surface area contributed by atoms with E-state index in [1.54, 1.807) is 47.6 Å². The Hall–Kier alpha value is -4.52. The Labute approximate surface area is 193 Å². The van der Waals surface area contributed by atoms with Gasteiger partial charge in [-0.25, -0.2) is 18.7 Å². The molecule has 0 saturated carbocycles. The van der Waals surface area contributed by atoms with Crippen LogP contribution in [-0.2, 0) is 6.54 Å². The smallest absolute Gasteiger partial charge is 0.260 e. The van der Waals surface area contributed by atoms with Gasteiger partial charge in [-0.2, -0.15) is 0 Å². The number of anilines is 1. The second-order valence-electron chi connectivity index (χ2n) is 8.02. The number of hydrogen-bond donors (Lipinski definition) is 0. The van der Waals surface area contributed by atoms with Gasteiger partial charge in [0.1, 0.15) is 17.5 Å². The quantitative estimate of drug-likeness (QED) is 0.349. The zero-order chi connectivity index (χ0) is 23.2. The molecule has 164 valence electrons. The summed E-state index contributed by atoms with van der Waals surface area (Å²) in [7, 11) is 0. The molecule has 1 aliphatic heterocycles. The molecule has 34 heavy (non-hydrogen) atoms. The zero-order valence-electron chi connectivity index (χ0n) is 17.7. The van der Waals surface area contributed by atoms with E-state index in [-0.39, 0.29) is 11.5 Å². The van der Waals surface area contributed by atoms with E-state index in [4.69, 9.17) is 4.98 Å². The van der Waals surface area contributed by atoms with Crippen LogP contribution in [-0.4, -0.2) is 20.9 Å². The molecule has 2 aromatic heterocycles. The number of carbonyl (C=O) groups is 1. The van der Waals surface area contributed by atoms with Crippen LogP contribution in [0.25, 0.3) is 33.4 Å². The molecule has 1 aliphatic rings. The van der Waals surface area contributed by atoms with Crippen molar-refractivity contribution in [3.8, 4) is 22.5 Å². The maximum absolute atomic E-state index is 14.5. The number of hydrogen-bond acceptors (Lipinski definition) is 4. The topological polar surface area (TPSA) is 59.0 Å². The molecule has 0 aliphatic carbocycles. The Kier molecular flexibility index (Phi) is 4.62. The van der Waals surface area contributed by atoms with E-state index in [1.165, 1.54) is 12.1 Å². The normalized spacial score (nSPS) is 12.9. The maximum Gasteiger partial charge on any atom is 0.260 e. The van der Waals surface area contributed by atoms with Gasteiger partial charge in [0.25, 0.3) is 5.91 Å². The number of benzene rings is 3. The number of rotatable bonds is 3. The molecular weight excluding hydrogens is 434 g/mol. The first kappa shape index (κ1) is 20.1. The molecule has 3 aromatic carbocycles. The van der Waals surface area contributed by atoms with Gasteiger partial charge in [-0.15, -0.1) is 0 Å². The Bertz CT molecular complexity index is 1590. The van der Waals surface area contributed by atoms with Crippen LogP contribution in [0.15, 0.2) is 85.2 Å². The lowest BCUT2D eigenvalue weighted by Gasteiger charge is -2.18. The summed E-state index contributed by atoms with van der Waals surface area (Å²) in [6.45, 7) is 0.364. The van der Waals surface area contributed by atoms with Crippen LogP contribution < -0.4 is 4.90 Å². The van der Waals surface area contributed by atoms with Gasteiger partial charge >= 0.3 is 0 Å². The minimum atomic E-state index is -0.668. The van der Waals surface area contributed by atoms with Crippen molar-refractivity contribution in [1.82, 2.24) is 15.0 Å². The van der Waals surface area contributed by atoms with E-state index in [2.05, 4.69) is 9.97 Å². The van der Waals surface area contributed by atoms with Crippen LogP contribution in [0.5, 0.6) is 0 Å². The van der Waals surface area contributed by atoms with Crippen LogP contribution in [0.2, 0.25) is 0 Å². The Morgan fingerprint density at radius 2 is 1.71 bits per heavy atom. The first-order valence-corrected chi connectivity index (χ1v) is 10.7. The van der Waals surface area contributed by atoms with E-state index < -0.39 is 11.6 Å². The minimum Gasteiger partial charge on any atom is -0.288 e. The third-order valence-corrected chi connectivity index (χ3v) is 5.91. The summed E-state index contributed by atoms with van der Waals surface area (Å²) in [4.78, 5) is 28.5. The first-order valence-electron chi connectivity index (χ1n) is 10.7. The van der Waals surface area contributed by atoms with Gasteiger partial charge in [0.2, 0.25) is 0 Å². The molecule has 7 heteroatoms. The van der Waals surface area contributed by atoms with Gasteiger partial charge in [0.15, 0.2) is 5.82 Å². The molecular formula is C27H16F2N4O. The molecule has 1 amide bonds. The highest BCUT2D eigenvalue weighted by Gasteiger charge is 2.31. The van der Waals surface area contributed by atoms with Crippen molar-refractivity contribution in [2.75, 3.05) is 4.90 Å². The Morgan fingerprint density at radius 1 is 0.824 bits per heavy atom. The van der Waals surface area contributed by atoms with Crippen molar-refractivity contribution in [3.63, 3.8) is 0 Å². The highest BCUT2D eigenvalue weighted by atomic mass is 19.1. The van der Waals surface area contributed by atoms with E-state index in [0.717, 1.165) is 11.6 Å². The maximum atomic E-state index is 14.5. The average molecular weight is 450 g/mol. The van der Waals surface area contributed by atoms with E-state index >= 15 is 0 Å². The third-order valence-electron chi connectivity index (χ3n) is 5.91. The van der Waals surface area contributed by atoms with E-state index in [9.17, 15) is 13.6 Å². The van der Waals surface area contributed by atoms with Crippen molar-refractivity contribution in [2.24, 2.45) is 0 Å². The predicted octanol–water partition coefficient (Wildman–Crippen LogP) is 5.80. The fourth-order valence-electron chi connectivity index (χ4n) is 4.26. The molecule has 0 spiro atoms. The van der Waals surface area contributed by atoms with Crippen LogP contribution in [0.1, 0.15) is 15.9 Å². The zero-order valence-corrected chi connectivity index (χ0v) is 17.7. The lowest BCUT2D eigenvalue weighted by Crippen LogP contribution is -2.24. The molecule has 0 unspecified atom stereocenters. The highest BCUT2D eigenvalue weighted by molar-refractivity contribution is 6.13. The number of pyridine rings is 1. The number of halogens is 2. The van der Waals surface area contributed by atoms with Crippen molar-refractivity contribution in [3.05, 3.63) is 108 Å². The number of aromatic nitrogens is 3. The fourth-order valence-corrected chi connectivity index (χ4v) is 4.26. The molecule has 6 rings (SSSR count). The highest BCUT2D eigenvalue weighted by Crippen LogP contribution is 2.36. The van der Waals surface area contributed by atoms with Crippen molar-refractivity contribution in [2.45, 2.75) is 6.54 Å². The van der Waals surface area contributed by atoms with Crippen molar-refractivity contribution >= 4 is 22.6 Å². The van der Waals surface area contributed by atoms with Gasteiger partial charge in [0.05, 0.1) is 12.1 Å². The molecule has 0 bridgehead atoms. The first-order chi connectivity index (χ1) is 16.6. The Morgan fingerprint density at radius 3 is 2.50 bits per heavy atom. The largest absolute Gasteiger partial charge is 0.288 e. The summed E-state index contributed by atoms with van der Waals surface area (Å²) in [5.41, 5.74) is 3.62. The molecule has 0 saturated heterocycles. The molecule has 0 N–H and O–H groups in total. The molecule has 5 aromatic rings. The average Bonchev–Trinajstić information content (AvgIpc) is 3.20. The summed E-state index contributed by atoms with van der Waals surface area (Å²) >= 11 is 0. The molecule has 3 heterocycles. The van der Waals surface area contributed by atoms with Crippen LogP contribution in [0, 0.1) is 11.6 Å². The van der Waals surface area contributed by atoms with Gasteiger partial charge < -0.3 is 0 Å². The minimum absolute atomic E-state index is 0.161. The number of carbonyl (C=O) groups excluding carboxylic acids is 1.